The van der Waals surface area contributed by atoms with Gasteiger partial charge in [-0.15, -0.1) is 5.10 Å². The zero-order valence-electron chi connectivity index (χ0n) is 10.1. The normalized spacial score (nSPS) is 13.6. The van der Waals surface area contributed by atoms with E-state index >= 15 is 0 Å². The van der Waals surface area contributed by atoms with Gasteiger partial charge in [0.05, 0.1) is 6.07 Å². The van der Waals surface area contributed by atoms with Crippen molar-refractivity contribution >= 4 is 0 Å². The summed E-state index contributed by atoms with van der Waals surface area (Å²) in [7, 11) is 0. The van der Waals surface area contributed by atoms with E-state index < -0.39 is 5.54 Å². The molecule has 1 unspecified atom stereocenters. The van der Waals surface area contributed by atoms with Crippen molar-refractivity contribution in [3.63, 3.8) is 0 Å². The zero-order chi connectivity index (χ0) is 12.7. The highest BCUT2D eigenvalue weighted by Gasteiger charge is 2.22. The predicted molar refractivity (Wildman–Crippen MR) is 61.7 cm³/mol. The van der Waals surface area contributed by atoms with Crippen LogP contribution < -0.4 is 5.32 Å². The smallest absolute Gasteiger partial charge is 0.252 e. The van der Waals surface area contributed by atoms with Gasteiger partial charge in [-0.25, -0.2) is 4.98 Å². The fourth-order valence-corrected chi connectivity index (χ4v) is 1.38. The maximum Gasteiger partial charge on any atom is 0.252 e. The van der Waals surface area contributed by atoms with Gasteiger partial charge in [-0.05, 0) is 26.3 Å². The highest BCUT2D eigenvalue weighted by molar-refractivity contribution is 5.06. The fourth-order valence-electron chi connectivity index (χ4n) is 1.38. The molecule has 0 aromatic carbocycles. The van der Waals surface area contributed by atoms with Gasteiger partial charge in [0.15, 0.2) is 0 Å². The second kappa shape index (κ2) is 5.97. The van der Waals surface area contributed by atoms with Crippen molar-refractivity contribution in [2.24, 2.45) is 0 Å². The highest BCUT2D eigenvalue weighted by Crippen LogP contribution is 2.09. The van der Waals surface area contributed by atoms with Crippen molar-refractivity contribution in [3.8, 4) is 12.1 Å². The summed E-state index contributed by atoms with van der Waals surface area (Å²) in [4.78, 5) is 3.81. The summed E-state index contributed by atoms with van der Waals surface area (Å²) in [5.74, 6) is 0.158. The number of aryl methyl sites for hydroxylation is 1. The Morgan fingerprint density at radius 3 is 2.82 bits per heavy atom. The van der Waals surface area contributed by atoms with Gasteiger partial charge in [0.25, 0.3) is 5.82 Å². The minimum absolute atomic E-state index is 0.158. The van der Waals surface area contributed by atoms with Crippen LogP contribution in [-0.2, 0) is 6.54 Å². The molecule has 0 saturated carbocycles. The number of nitrogens with one attached hydrogen (secondary N) is 1. The van der Waals surface area contributed by atoms with Crippen LogP contribution >= 0.6 is 0 Å². The molecule has 0 saturated heterocycles. The quantitative estimate of drug-likeness (QED) is 0.784. The third-order valence-electron chi connectivity index (χ3n) is 2.49. The van der Waals surface area contributed by atoms with Crippen molar-refractivity contribution in [2.45, 2.75) is 38.8 Å². The van der Waals surface area contributed by atoms with Gasteiger partial charge in [-0.3, -0.25) is 10.00 Å². The van der Waals surface area contributed by atoms with Crippen LogP contribution in [0, 0.1) is 22.7 Å². The monoisotopic (exact) mass is 232 g/mol. The van der Waals surface area contributed by atoms with Crippen molar-refractivity contribution in [2.75, 3.05) is 6.54 Å². The molecule has 0 aliphatic heterocycles. The fraction of sp³-hybridized carbons (Fsp3) is 0.636. The molecule has 6 heteroatoms. The molecule has 1 atom stereocenters. The molecular formula is C11H16N6. The Morgan fingerprint density at radius 1 is 1.53 bits per heavy atom. The molecule has 0 aliphatic carbocycles. The van der Waals surface area contributed by atoms with E-state index in [2.05, 4.69) is 28.4 Å². The molecule has 1 rings (SSSR count). The van der Waals surface area contributed by atoms with E-state index in [1.165, 1.54) is 6.33 Å². The molecule has 1 N–H and O–H groups in total. The van der Waals surface area contributed by atoms with Gasteiger partial charge < -0.3 is 0 Å². The number of hydrogen-bond acceptors (Lipinski definition) is 5. The standard InChI is InChI=1S/C11H16N6/c1-3-5-15-11(2,8-13)4-6-17-9-14-10(7-12)16-17/h9,15H,3-6H2,1-2H3. The first kappa shape index (κ1) is 13.1. The Hall–Kier alpha value is -1.92. The van der Waals surface area contributed by atoms with E-state index in [1.807, 2.05) is 13.0 Å². The van der Waals surface area contributed by atoms with E-state index in [-0.39, 0.29) is 5.82 Å². The molecule has 0 bridgehead atoms. The summed E-state index contributed by atoms with van der Waals surface area (Å²) in [6, 6.07) is 4.14. The lowest BCUT2D eigenvalue weighted by Crippen LogP contribution is -2.42. The third-order valence-corrected chi connectivity index (χ3v) is 2.49. The van der Waals surface area contributed by atoms with Gasteiger partial charge in [0, 0.05) is 6.54 Å². The number of nitrogens with zero attached hydrogens (tertiary/aromatic N) is 5. The molecule has 1 aromatic heterocycles. The van der Waals surface area contributed by atoms with Gasteiger partial charge in [-0.1, -0.05) is 6.92 Å². The summed E-state index contributed by atoms with van der Waals surface area (Å²) in [6.07, 6.45) is 3.12. The largest absolute Gasteiger partial charge is 0.300 e. The number of rotatable bonds is 6. The lowest BCUT2D eigenvalue weighted by molar-refractivity contribution is 0.382. The predicted octanol–water partition coefficient (Wildman–Crippen LogP) is 0.822. The minimum atomic E-state index is -0.561. The van der Waals surface area contributed by atoms with Crippen molar-refractivity contribution in [1.29, 1.82) is 10.5 Å². The zero-order valence-corrected chi connectivity index (χ0v) is 10.1. The van der Waals surface area contributed by atoms with E-state index in [0.717, 1.165) is 13.0 Å². The van der Waals surface area contributed by atoms with Crippen LogP contribution in [0.2, 0.25) is 0 Å². The van der Waals surface area contributed by atoms with Crippen molar-refractivity contribution in [1.82, 2.24) is 20.1 Å². The van der Waals surface area contributed by atoms with Gasteiger partial charge >= 0.3 is 0 Å². The molecule has 6 nitrogen and oxygen atoms in total. The highest BCUT2D eigenvalue weighted by atomic mass is 15.3. The van der Waals surface area contributed by atoms with Crippen molar-refractivity contribution in [3.05, 3.63) is 12.2 Å². The SMILES string of the molecule is CCCNC(C)(C#N)CCn1cnc(C#N)n1. The second-order valence-electron chi connectivity index (χ2n) is 4.06. The van der Waals surface area contributed by atoms with E-state index in [0.29, 0.717) is 13.0 Å². The molecule has 0 spiro atoms. The van der Waals surface area contributed by atoms with Crippen LogP contribution in [-0.4, -0.2) is 26.8 Å². The number of nitriles is 2. The molecule has 0 fully saturated rings. The third kappa shape index (κ3) is 3.86. The first-order valence-electron chi connectivity index (χ1n) is 5.59. The average Bonchev–Trinajstić information content (AvgIpc) is 2.82. The first-order chi connectivity index (χ1) is 8.13. The summed E-state index contributed by atoms with van der Waals surface area (Å²) < 4.78 is 1.59. The summed E-state index contributed by atoms with van der Waals surface area (Å²) in [5.41, 5.74) is -0.561. The van der Waals surface area contributed by atoms with Gasteiger partial charge in [0.1, 0.15) is 17.9 Å². The van der Waals surface area contributed by atoms with Crippen LogP contribution in [0.25, 0.3) is 0 Å². The molecular weight excluding hydrogens is 216 g/mol. The van der Waals surface area contributed by atoms with Gasteiger partial charge in [0.2, 0.25) is 0 Å². The maximum atomic E-state index is 9.13. The Bertz CT molecular complexity index is 438. The lowest BCUT2D eigenvalue weighted by Gasteiger charge is -2.22. The Balaban J connectivity index is 2.53. The first-order valence-corrected chi connectivity index (χ1v) is 5.59. The minimum Gasteiger partial charge on any atom is -0.300 e. The summed E-state index contributed by atoms with van der Waals surface area (Å²) >= 11 is 0. The van der Waals surface area contributed by atoms with E-state index in [9.17, 15) is 0 Å². The van der Waals surface area contributed by atoms with Crippen molar-refractivity contribution < 1.29 is 0 Å². The Labute approximate surface area is 101 Å². The Morgan fingerprint density at radius 2 is 2.29 bits per heavy atom. The van der Waals surface area contributed by atoms with Crippen LogP contribution in [0.5, 0.6) is 0 Å². The van der Waals surface area contributed by atoms with Crippen LogP contribution in [0.3, 0.4) is 0 Å². The van der Waals surface area contributed by atoms with Crippen LogP contribution in [0.15, 0.2) is 6.33 Å². The van der Waals surface area contributed by atoms with E-state index in [4.69, 9.17) is 10.5 Å². The van der Waals surface area contributed by atoms with Gasteiger partial charge in [-0.2, -0.15) is 10.5 Å². The second-order valence-corrected chi connectivity index (χ2v) is 4.06. The van der Waals surface area contributed by atoms with E-state index in [1.54, 1.807) is 4.68 Å². The maximum absolute atomic E-state index is 9.13. The van der Waals surface area contributed by atoms with Crippen LogP contribution in [0.4, 0.5) is 0 Å². The Kier molecular flexibility index (Phi) is 4.62. The van der Waals surface area contributed by atoms with Crippen LogP contribution in [0.1, 0.15) is 32.5 Å². The molecule has 0 radical (unpaired) electrons. The topological polar surface area (TPSA) is 90.3 Å². The molecule has 1 aromatic rings. The molecule has 17 heavy (non-hydrogen) atoms. The summed E-state index contributed by atoms with van der Waals surface area (Å²) in [6.45, 7) is 5.30. The molecule has 0 amide bonds. The molecule has 0 aliphatic rings. The number of aromatic nitrogens is 3. The molecule has 90 valence electrons. The summed E-state index contributed by atoms with van der Waals surface area (Å²) in [5, 5.41) is 24.9. The average molecular weight is 232 g/mol. The number of hydrogen-bond donors (Lipinski definition) is 1. The lowest BCUT2D eigenvalue weighted by atomic mass is 10.00. The molecule has 1 heterocycles.